The lowest BCUT2D eigenvalue weighted by molar-refractivity contribution is -0.691. The highest BCUT2D eigenvalue weighted by molar-refractivity contribution is 5.92. The standard InChI is InChI=1S/C16H17N4O2/c17-16(21)15-5-11-20(12-6-15)8-2-1-7-19-9-3-14(4-10-19)13-18-22/h1-6,9-12H,7-8,13H2,(H-,17,21)/q+1/p+1/b2-1+. The van der Waals surface area contributed by atoms with Crippen molar-refractivity contribution in [1.29, 1.82) is 0 Å². The fourth-order valence-electron chi connectivity index (χ4n) is 1.93. The first-order chi connectivity index (χ1) is 10.7. The predicted molar refractivity (Wildman–Crippen MR) is 80.4 cm³/mol. The van der Waals surface area contributed by atoms with Crippen molar-refractivity contribution in [3.8, 4) is 0 Å². The molecule has 2 aromatic rings. The van der Waals surface area contributed by atoms with Crippen molar-refractivity contribution in [3.05, 3.63) is 77.2 Å². The van der Waals surface area contributed by atoms with E-state index in [-0.39, 0.29) is 6.54 Å². The van der Waals surface area contributed by atoms with E-state index >= 15 is 0 Å². The highest BCUT2D eigenvalue weighted by Gasteiger charge is 2.03. The molecule has 0 saturated carbocycles. The molecule has 0 bridgehead atoms. The van der Waals surface area contributed by atoms with Gasteiger partial charge in [-0.15, -0.1) is 0 Å². The zero-order chi connectivity index (χ0) is 15.8. The first-order valence-corrected chi connectivity index (χ1v) is 6.90. The van der Waals surface area contributed by atoms with E-state index in [1.54, 1.807) is 12.1 Å². The molecule has 0 unspecified atom stereocenters. The van der Waals surface area contributed by atoms with Crippen molar-refractivity contribution in [3.63, 3.8) is 0 Å². The van der Waals surface area contributed by atoms with Gasteiger partial charge >= 0.3 is 0 Å². The molecule has 2 heterocycles. The Labute approximate surface area is 128 Å². The molecule has 2 N–H and O–H groups in total. The zero-order valence-corrected chi connectivity index (χ0v) is 12.1. The molecule has 2 aromatic heterocycles. The number of aromatic nitrogens is 2. The molecule has 6 heteroatoms. The number of carbonyl (C=O) groups is 1. The lowest BCUT2D eigenvalue weighted by Gasteiger charge is -1.95. The quantitative estimate of drug-likeness (QED) is 0.468. The first kappa shape index (κ1) is 15.5. The third-order valence-corrected chi connectivity index (χ3v) is 3.18. The van der Waals surface area contributed by atoms with Crippen molar-refractivity contribution in [1.82, 2.24) is 0 Å². The minimum absolute atomic E-state index is 0.203. The second-order valence-corrected chi connectivity index (χ2v) is 4.81. The van der Waals surface area contributed by atoms with Gasteiger partial charge < -0.3 is 5.73 Å². The average Bonchev–Trinajstić information content (AvgIpc) is 2.54. The Morgan fingerprint density at radius 1 is 1.00 bits per heavy atom. The molecule has 0 fully saturated rings. The van der Waals surface area contributed by atoms with Crippen LogP contribution in [-0.2, 0) is 19.6 Å². The number of hydrogen-bond acceptors (Lipinski definition) is 3. The van der Waals surface area contributed by atoms with Gasteiger partial charge in [-0.25, -0.2) is 9.13 Å². The number of carbonyl (C=O) groups excluding carboxylic acids is 1. The largest absolute Gasteiger partial charge is 0.366 e. The number of hydrogen-bond donors (Lipinski definition) is 1. The number of nitrogens with two attached hydrogens (primary N) is 1. The summed E-state index contributed by atoms with van der Waals surface area (Å²) in [6.07, 6.45) is 11.6. The Kier molecular flexibility index (Phi) is 5.48. The molecule has 0 aliphatic carbocycles. The number of allylic oxidation sites excluding steroid dienone is 2. The molecule has 22 heavy (non-hydrogen) atoms. The van der Waals surface area contributed by atoms with E-state index in [4.69, 9.17) is 5.73 Å². The molecular weight excluding hydrogens is 280 g/mol. The molecule has 0 saturated heterocycles. The summed E-state index contributed by atoms with van der Waals surface area (Å²) >= 11 is 0. The third kappa shape index (κ3) is 4.59. The van der Waals surface area contributed by atoms with E-state index in [1.807, 2.05) is 58.2 Å². The van der Waals surface area contributed by atoms with Crippen molar-refractivity contribution >= 4 is 5.91 Å². The summed E-state index contributed by atoms with van der Waals surface area (Å²) in [6.45, 7) is 1.66. The Morgan fingerprint density at radius 2 is 1.50 bits per heavy atom. The predicted octanol–water partition coefficient (Wildman–Crippen LogP) is 0.883. The van der Waals surface area contributed by atoms with E-state index in [0.717, 1.165) is 12.1 Å². The molecule has 0 aliphatic heterocycles. The molecule has 6 nitrogen and oxygen atoms in total. The molecule has 0 atom stereocenters. The number of primary amides is 1. The van der Waals surface area contributed by atoms with Crippen molar-refractivity contribution in [2.75, 3.05) is 0 Å². The van der Waals surface area contributed by atoms with Crippen LogP contribution in [0.4, 0.5) is 0 Å². The van der Waals surface area contributed by atoms with E-state index < -0.39 is 5.91 Å². The minimum atomic E-state index is -0.424. The smallest absolute Gasteiger partial charge is 0.249 e. The van der Waals surface area contributed by atoms with E-state index in [9.17, 15) is 9.70 Å². The maximum atomic E-state index is 11.0. The van der Waals surface area contributed by atoms with Crippen LogP contribution in [-0.4, -0.2) is 5.91 Å². The fraction of sp³-hybridized carbons (Fsp3) is 0.188. The maximum Gasteiger partial charge on any atom is 0.249 e. The summed E-state index contributed by atoms with van der Waals surface area (Å²) in [7, 11) is 0. The van der Waals surface area contributed by atoms with Crippen molar-refractivity contribution in [2.24, 2.45) is 10.9 Å². The van der Waals surface area contributed by atoms with Gasteiger partial charge in [0.2, 0.25) is 5.91 Å². The van der Waals surface area contributed by atoms with Gasteiger partial charge in [0.05, 0.1) is 5.56 Å². The minimum Gasteiger partial charge on any atom is -0.366 e. The summed E-state index contributed by atoms with van der Waals surface area (Å²) in [6, 6.07) is 7.16. The van der Waals surface area contributed by atoms with E-state index in [2.05, 4.69) is 5.18 Å². The molecule has 0 spiro atoms. The summed E-state index contributed by atoms with van der Waals surface area (Å²) in [5.41, 5.74) is 6.60. The summed E-state index contributed by atoms with van der Waals surface area (Å²) in [5.74, 6) is -0.424. The number of amides is 1. The molecule has 1 amide bonds. The van der Waals surface area contributed by atoms with Crippen molar-refractivity contribution < 1.29 is 13.9 Å². The van der Waals surface area contributed by atoms with Crippen LogP contribution >= 0.6 is 0 Å². The first-order valence-electron chi connectivity index (χ1n) is 6.90. The highest BCUT2D eigenvalue weighted by atomic mass is 16.3. The molecular formula is C16H18N4O2+2. The molecule has 0 aliphatic rings. The van der Waals surface area contributed by atoms with Gasteiger partial charge in [0.15, 0.2) is 37.9 Å². The molecule has 112 valence electrons. The topological polar surface area (TPSA) is 80.3 Å². The number of nitroso groups, excluding NO2 is 1. The van der Waals surface area contributed by atoms with Gasteiger partial charge in [-0.1, -0.05) is 5.18 Å². The average molecular weight is 298 g/mol. The fourth-order valence-corrected chi connectivity index (χ4v) is 1.93. The summed E-state index contributed by atoms with van der Waals surface area (Å²) in [4.78, 5) is 21.1. The van der Waals surface area contributed by atoms with Crippen molar-refractivity contribution in [2.45, 2.75) is 19.6 Å². The van der Waals surface area contributed by atoms with Gasteiger partial charge in [-0.2, -0.15) is 4.91 Å². The van der Waals surface area contributed by atoms with Crippen LogP contribution in [0, 0.1) is 4.91 Å². The molecule has 0 radical (unpaired) electrons. The lowest BCUT2D eigenvalue weighted by atomic mass is 10.2. The molecule has 0 aromatic carbocycles. The normalized spacial score (nSPS) is 10.7. The summed E-state index contributed by atoms with van der Waals surface area (Å²) in [5, 5.41) is 2.86. The second kappa shape index (κ2) is 7.78. The Morgan fingerprint density at radius 3 is 1.95 bits per heavy atom. The van der Waals surface area contributed by atoms with Crippen LogP contribution in [0.2, 0.25) is 0 Å². The SMILES string of the molecule is NC(=O)c1cc[n+](C/C=C/C[n+]2ccc(CN=O)cc2)cc1. The zero-order valence-electron chi connectivity index (χ0n) is 12.1. The van der Waals surface area contributed by atoms with Crippen LogP contribution in [0.15, 0.2) is 66.4 Å². The van der Waals surface area contributed by atoms with Crippen LogP contribution in [0.1, 0.15) is 15.9 Å². The maximum absolute atomic E-state index is 11.0. The van der Waals surface area contributed by atoms with Crippen LogP contribution in [0.5, 0.6) is 0 Å². The Bertz CT molecular complexity index is 664. The van der Waals surface area contributed by atoms with Gasteiger partial charge in [0, 0.05) is 24.3 Å². The number of rotatable bonds is 7. The van der Waals surface area contributed by atoms with Gasteiger partial charge in [-0.3, -0.25) is 4.79 Å². The van der Waals surface area contributed by atoms with Crippen LogP contribution < -0.4 is 14.9 Å². The van der Waals surface area contributed by atoms with Gasteiger partial charge in [0.25, 0.3) is 0 Å². The van der Waals surface area contributed by atoms with Crippen LogP contribution in [0.3, 0.4) is 0 Å². The van der Waals surface area contributed by atoms with Gasteiger partial charge in [0.1, 0.15) is 6.54 Å². The number of nitrogens with zero attached hydrogens (tertiary/aromatic N) is 3. The molecule has 2 rings (SSSR count). The van der Waals surface area contributed by atoms with Crippen LogP contribution in [0.25, 0.3) is 0 Å². The Hall–Kier alpha value is -2.89. The Balaban J connectivity index is 1.84. The highest BCUT2D eigenvalue weighted by Crippen LogP contribution is 1.96. The summed E-state index contributed by atoms with van der Waals surface area (Å²) < 4.78 is 3.96. The third-order valence-electron chi connectivity index (χ3n) is 3.18. The monoisotopic (exact) mass is 298 g/mol. The lowest BCUT2D eigenvalue weighted by Crippen LogP contribution is -2.33. The van der Waals surface area contributed by atoms with E-state index in [0.29, 0.717) is 12.1 Å². The second-order valence-electron chi connectivity index (χ2n) is 4.81. The van der Waals surface area contributed by atoms with Gasteiger partial charge in [-0.05, 0) is 17.7 Å². The van der Waals surface area contributed by atoms with E-state index in [1.165, 1.54) is 0 Å². The number of pyridine rings is 2.